The van der Waals surface area contributed by atoms with Crippen molar-refractivity contribution in [3.8, 4) is 0 Å². The fraction of sp³-hybridized carbons (Fsp3) is 0.548. The number of benzene rings is 2. The smallest absolute Gasteiger partial charge is 0.245 e. The molecule has 0 aliphatic carbocycles. The normalized spacial score (nSPS) is 18.1. The first kappa shape index (κ1) is 30.8. The average molecular weight is 539 g/mol. The Morgan fingerprint density at radius 3 is 2.28 bits per heavy atom. The molecule has 0 aromatic heterocycles. The van der Waals surface area contributed by atoms with Gasteiger partial charge < -0.3 is 25.4 Å². The summed E-state index contributed by atoms with van der Waals surface area (Å²) in [6, 6.07) is 18.8. The lowest BCUT2D eigenvalue weighted by Crippen LogP contribution is -2.59. The van der Waals surface area contributed by atoms with Crippen LogP contribution in [0.3, 0.4) is 0 Å². The quantitative estimate of drug-likeness (QED) is 0.339. The summed E-state index contributed by atoms with van der Waals surface area (Å²) < 4.78 is 5.89. The van der Waals surface area contributed by atoms with E-state index < -0.39 is 23.9 Å². The van der Waals surface area contributed by atoms with E-state index in [2.05, 4.69) is 22.8 Å². The van der Waals surface area contributed by atoms with E-state index in [9.17, 15) is 14.7 Å². The Hall–Kier alpha value is -2.78. The zero-order valence-electron chi connectivity index (χ0n) is 24.1. The molecule has 1 saturated heterocycles. The third-order valence-corrected chi connectivity index (χ3v) is 7.42. The van der Waals surface area contributed by atoms with Gasteiger partial charge in [-0.3, -0.25) is 14.5 Å². The summed E-state index contributed by atoms with van der Waals surface area (Å²) in [6.07, 6.45) is 1.34. The Labute approximate surface area is 233 Å². The largest absolute Gasteiger partial charge is 0.356 e. The van der Waals surface area contributed by atoms with Gasteiger partial charge in [-0.15, -0.1) is 0 Å². The third-order valence-electron chi connectivity index (χ3n) is 7.42. The number of likely N-dealkylation sites (N-methyl/N-ethyl adjacent to an activating group) is 1. The minimum atomic E-state index is -1.11. The molecule has 3 rings (SSSR count). The van der Waals surface area contributed by atoms with Gasteiger partial charge in [0.25, 0.3) is 0 Å². The number of carbonyl (C=O) groups is 2. The lowest BCUT2D eigenvalue weighted by atomic mass is 9.85. The van der Waals surface area contributed by atoms with Crippen molar-refractivity contribution in [2.24, 2.45) is 5.41 Å². The lowest BCUT2D eigenvalue weighted by molar-refractivity contribution is -0.203. The van der Waals surface area contributed by atoms with E-state index in [0.29, 0.717) is 26.2 Å². The molecule has 1 unspecified atom stereocenters. The number of carbonyl (C=O) groups excluding carboxylic acids is 2. The van der Waals surface area contributed by atoms with Crippen molar-refractivity contribution in [2.75, 3.05) is 26.7 Å². The Bertz CT molecular complexity index is 1030. The van der Waals surface area contributed by atoms with Crippen LogP contribution < -0.4 is 10.6 Å². The minimum absolute atomic E-state index is 0.0793. The molecule has 39 heavy (non-hydrogen) atoms. The Morgan fingerprint density at radius 2 is 1.69 bits per heavy atom. The highest BCUT2D eigenvalue weighted by atomic mass is 16.6. The molecule has 4 atom stereocenters. The summed E-state index contributed by atoms with van der Waals surface area (Å²) in [5.74, 6) is -0.278. The number of hydrogen-bond donors (Lipinski definition) is 3. The van der Waals surface area contributed by atoms with Crippen LogP contribution >= 0.6 is 0 Å². The maximum absolute atomic E-state index is 13.9. The summed E-state index contributed by atoms with van der Waals surface area (Å²) in [7, 11) is 1.73. The van der Waals surface area contributed by atoms with E-state index in [4.69, 9.17) is 4.74 Å². The van der Waals surface area contributed by atoms with Gasteiger partial charge in [0.15, 0.2) is 0 Å². The third kappa shape index (κ3) is 9.14. The first-order chi connectivity index (χ1) is 18.6. The summed E-state index contributed by atoms with van der Waals surface area (Å²) in [4.78, 5) is 30.4. The Balaban J connectivity index is 1.74. The van der Waals surface area contributed by atoms with Crippen LogP contribution in [0.4, 0.5) is 0 Å². The molecule has 0 saturated carbocycles. The fourth-order valence-corrected chi connectivity index (χ4v) is 4.86. The van der Waals surface area contributed by atoms with Crippen molar-refractivity contribution < 1.29 is 19.4 Å². The molecule has 0 bridgehead atoms. The number of aliphatic hydroxyl groups is 1. The summed E-state index contributed by atoms with van der Waals surface area (Å²) in [5.41, 5.74) is 1.70. The average Bonchev–Trinajstić information content (AvgIpc) is 3.40. The van der Waals surface area contributed by atoms with Crippen molar-refractivity contribution in [1.82, 2.24) is 20.4 Å². The van der Waals surface area contributed by atoms with E-state index in [0.717, 1.165) is 24.8 Å². The van der Waals surface area contributed by atoms with E-state index in [1.807, 2.05) is 79.1 Å². The van der Waals surface area contributed by atoms with Crippen LogP contribution in [0.15, 0.2) is 60.7 Å². The van der Waals surface area contributed by atoms with Gasteiger partial charge in [-0.1, -0.05) is 81.4 Å². The highest BCUT2D eigenvalue weighted by Crippen LogP contribution is 2.27. The monoisotopic (exact) mass is 538 g/mol. The van der Waals surface area contributed by atoms with Crippen LogP contribution in [0.1, 0.15) is 51.7 Å². The SMILES string of the molecule is CN[C@@H](C)C(=O)N[C@H](C(=O)N1CCC[C@H]1CN(CCc1ccccc1)C(O)OCc1ccccc1)C(C)(C)C. The molecule has 0 radical (unpaired) electrons. The molecule has 3 N–H and O–H groups in total. The summed E-state index contributed by atoms with van der Waals surface area (Å²) >= 11 is 0. The first-order valence-corrected chi connectivity index (χ1v) is 14.0. The molecule has 8 nitrogen and oxygen atoms in total. The van der Waals surface area contributed by atoms with Crippen LogP contribution in [-0.4, -0.2) is 77.9 Å². The molecule has 2 amide bonds. The van der Waals surface area contributed by atoms with E-state index in [1.165, 1.54) is 5.56 Å². The van der Waals surface area contributed by atoms with Crippen molar-refractivity contribution in [2.45, 2.75) is 78.1 Å². The number of amides is 2. The fourth-order valence-electron chi connectivity index (χ4n) is 4.86. The zero-order valence-corrected chi connectivity index (χ0v) is 24.1. The number of nitrogens with one attached hydrogen (secondary N) is 2. The molecule has 0 spiro atoms. The predicted octanol–water partition coefficient (Wildman–Crippen LogP) is 3.15. The van der Waals surface area contributed by atoms with Gasteiger partial charge in [-0.25, -0.2) is 0 Å². The predicted molar refractivity (Wildman–Crippen MR) is 154 cm³/mol. The van der Waals surface area contributed by atoms with Gasteiger partial charge >= 0.3 is 0 Å². The second kappa shape index (κ2) is 14.6. The summed E-state index contributed by atoms with van der Waals surface area (Å²) in [5, 5.41) is 17.0. The van der Waals surface area contributed by atoms with Crippen molar-refractivity contribution in [3.05, 3.63) is 71.8 Å². The van der Waals surface area contributed by atoms with Crippen molar-refractivity contribution in [1.29, 1.82) is 0 Å². The standard InChI is InChI=1S/C31H46N4O4/c1-23(32-5)28(36)33-27(31(2,3)4)29(37)35-19-12-17-26(35)21-34(20-18-24-13-8-6-9-14-24)30(38)39-22-25-15-10-7-11-16-25/h6-11,13-16,23,26-27,30,32,38H,12,17-22H2,1-5H3,(H,33,36)/t23-,26-,27+,30?/m0/s1. The lowest BCUT2D eigenvalue weighted by Gasteiger charge is -2.38. The number of rotatable bonds is 13. The van der Waals surface area contributed by atoms with Crippen LogP contribution in [0.25, 0.3) is 0 Å². The molecule has 8 heteroatoms. The zero-order chi connectivity index (χ0) is 28.4. The van der Waals surface area contributed by atoms with Crippen LogP contribution in [0, 0.1) is 5.41 Å². The van der Waals surface area contributed by atoms with Gasteiger partial charge in [-0.2, -0.15) is 0 Å². The molecular formula is C31H46N4O4. The van der Waals surface area contributed by atoms with Gasteiger partial charge in [0, 0.05) is 25.7 Å². The second-order valence-electron chi connectivity index (χ2n) is 11.5. The van der Waals surface area contributed by atoms with Crippen molar-refractivity contribution >= 4 is 11.8 Å². The number of likely N-dealkylation sites (tertiary alicyclic amines) is 1. The maximum Gasteiger partial charge on any atom is 0.245 e. The number of hydrogen-bond acceptors (Lipinski definition) is 6. The minimum Gasteiger partial charge on any atom is -0.356 e. The molecule has 1 fully saturated rings. The van der Waals surface area contributed by atoms with E-state index in [-0.39, 0.29) is 17.9 Å². The molecule has 1 aliphatic heterocycles. The van der Waals surface area contributed by atoms with Gasteiger partial charge in [0.1, 0.15) is 6.04 Å². The Morgan fingerprint density at radius 1 is 1.08 bits per heavy atom. The number of nitrogens with zero attached hydrogens (tertiary/aromatic N) is 2. The van der Waals surface area contributed by atoms with E-state index >= 15 is 0 Å². The topological polar surface area (TPSA) is 94.1 Å². The molecule has 2 aromatic carbocycles. The Kier molecular flexibility index (Phi) is 11.5. The van der Waals surface area contributed by atoms with Gasteiger partial charge in [-0.05, 0) is 49.8 Å². The maximum atomic E-state index is 13.9. The molecule has 2 aromatic rings. The number of aliphatic hydroxyl groups excluding tert-OH is 1. The second-order valence-corrected chi connectivity index (χ2v) is 11.5. The molecule has 214 valence electrons. The van der Waals surface area contributed by atoms with Crippen LogP contribution in [0.2, 0.25) is 0 Å². The number of ether oxygens (including phenoxy) is 1. The van der Waals surface area contributed by atoms with E-state index in [1.54, 1.807) is 14.0 Å². The van der Waals surface area contributed by atoms with Crippen molar-refractivity contribution in [3.63, 3.8) is 0 Å². The molecule has 1 aliphatic rings. The van der Waals surface area contributed by atoms with Crippen LogP contribution in [-0.2, 0) is 27.4 Å². The molecule has 1 heterocycles. The van der Waals surface area contributed by atoms with Gasteiger partial charge in [0.2, 0.25) is 18.2 Å². The van der Waals surface area contributed by atoms with Gasteiger partial charge in [0.05, 0.1) is 12.6 Å². The van der Waals surface area contributed by atoms with Crippen LogP contribution in [0.5, 0.6) is 0 Å². The first-order valence-electron chi connectivity index (χ1n) is 14.0. The molecular weight excluding hydrogens is 492 g/mol. The summed E-state index contributed by atoms with van der Waals surface area (Å²) in [6.45, 7) is 9.67. The highest BCUT2D eigenvalue weighted by Gasteiger charge is 2.40. The highest BCUT2D eigenvalue weighted by molar-refractivity contribution is 5.90.